The molecule has 3 heterocycles. The minimum absolute atomic E-state index is 0.174. The molecule has 0 radical (unpaired) electrons. The van der Waals surface area contributed by atoms with Crippen LogP contribution in [0.3, 0.4) is 0 Å². The highest BCUT2D eigenvalue weighted by Crippen LogP contribution is 2.57. The summed E-state index contributed by atoms with van der Waals surface area (Å²) in [6, 6.07) is 21.2. The first-order valence-corrected chi connectivity index (χ1v) is 15.0. The van der Waals surface area contributed by atoms with Crippen LogP contribution in [0.25, 0.3) is 16.6 Å². The van der Waals surface area contributed by atoms with Crippen LogP contribution in [-0.2, 0) is 22.5 Å². The molecule has 1 aliphatic carbocycles. The number of rotatable bonds is 5. The Morgan fingerprint density at radius 3 is 2.50 bits per heavy atom. The van der Waals surface area contributed by atoms with Gasteiger partial charge in [0, 0.05) is 37.1 Å². The fourth-order valence-corrected chi connectivity index (χ4v) is 8.63. The molecule has 2 aromatic heterocycles. The van der Waals surface area contributed by atoms with Gasteiger partial charge in [0.25, 0.3) is 0 Å². The molecule has 1 saturated carbocycles. The van der Waals surface area contributed by atoms with Crippen LogP contribution in [0.2, 0.25) is 0 Å². The fraction of sp³-hybridized carbons (Fsp3) is 0.290. The standard InChI is InChI=1S/C31H30FN5O2S/c1-21-12-30-24(16-34-37(30)27-10-8-26(32)9-11-27)14-29(21)31-15-23(22-6-4-3-5-7-22)13-25(31)18-36(20-31)40(38,39)28-17-33-35(2)19-28/h3-12,14,16-17,19,23,25H,13,15,18,20H2,1-2H3. The summed E-state index contributed by atoms with van der Waals surface area (Å²) in [6.07, 6.45) is 6.65. The second-order valence-electron chi connectivity index (χ2n) is 11.3. The summed E-state index contributed by atoms with van der Waals surface area (Å²) in [7, 11) is -1.95. The minimum atomic E-state index is -3.68. The van der Waals surface area contributed by atoms with E-state index in [1.807, 2.05) is 16.9 Å². The molecule has 0 amide bonds. The minimum Gasteiger partial charge on any atom is -0.274 e. The molecule has 0 N–H and O–H groups in total. The second-order valence-corrected chi connectivity index (χ2v) is 13.2. The summed E-state index contributed by atoms with van der Waals surface area (Å²) >= 11 is 0. The largest absolute Gasteiger partial charge is 0.274 e. The quantitative estimate of drug-likeness (QED) is 0.293. The normalized spacial score (nSPS) is 23.2. The van der Waals surface area contributed by atoms with Crippen LogP contribution < -0.4 is 0 Å². The summed E-state index contributed by atoms with van der Waals surface area (Å²) in [6.45, 7) is 3.01. The van der Waals surface area contributed by atoms with Gasteiger partial charge in [-0.05, 0) is 84.7 Å². The predicted octanol–water partition coefficient (Wildman–Crippen LogP) is 5.34. The molecule has 3 aromatic carbocycles. The summed E-state index contributed by atoms with van der Waals surface area (Å²) in [5, 5.41) is 9.72. The lowest BCUT2D eigenvalue weighted by molar-refractivity contribution is 0.388. The van der Waals surface area contributed by atoms with Crippen LogP contribution in [0.4, 0.5) is 4.39 Å². The van der Waals surface area contributed by atoms with E-state index in [1.54, 1.807) is 29.7 Å². The van der Waals surface area contributed by atoms with Gasteiger partial charge in [-0.25, -0.2) is 17.5 Å². The first-order valence-electron chi connectivity index (χ1n) is 13.5. The Morgan fingerprint density at radius 2 is 1.77 bits per heavy atom. The van der Waals surface area contributed by atoms with Gasteiger partial charge in [-0.1, -0.05) is 30.3 Å². The Labute approximate surface area is 232 Å². The van der Waals surface area contributed by atoms with Gasteiger partial charge in [0.2, 0.25) is 10.0 Å². The number of nitrogens with zero attached hydrogens (tertiary/aromatic N) is 5. The third-order valence-corrected chi connectivity index (χ3v) is 10.7. The van der Waals surface area contributed by atoms with E-state index in [4.69, 9.17) is 0 Å². The molecular formula is C31H30FN5O2S. The average Bonchev–Trinajstić information content (AvgIpc) is 3.71. The topological polar surface area (TPSA) is 73.0 Å². The first-order chi connectivity index (χ1) is 19.2. The Bertz CT molecular complexity index is 1830. The number of aryl methyl sites for hydroxylation is 2. The Morgan fingerprint density at radius 1 is 1.00 bits per heavy atom. The van der Waals surface area contributed by atoms with Gasteiger partial charge in [0.15, 0.2) is 0 Å². The van der Waals surface area contributed by atoms with E-state index in [9.17, 15) is 12.8 Å². The van der Waals surface area contributed by atoms with Gasteiger partial charge in [-0.15, -0.1) is 0 Å². The van der Waals surface area contributed by atoms with Crippen LogP contribution >= 0.6 is 0 Å². The predicted molar refractivity (Wildman–Crippen MR) is 151 cm³/mol. The molecule has 7 rings (SSSR count). The highest BCUT2D eigenvalue weighted by Gasteiger charge is 2.56. The maximum absolute atomic E-state index is 13.7. The van der Waals surface area contributed by atoms with Gasteiger partial charge in [0.05, 0.1) is 23.6 Å². The van der Waals surface area contributed by atoms with E-state index in [2.05, 4.69) is 53.5 Å². The highest BCUT2D eigenvalue weighted by atomic mass is 32.2. The molecule has 3 unspecified atom stereocenters. The number of hydrogen-bond acceptors (Lipinski definition) is 4. The van der Waals surface area contributed by atoms with Gasteiger partial charge < -0.3 is 0 Å². The maximum Gasteiger partial charge on any atom is 0.246 e. The second kappa shape index (κ2) is 9.11. The molecule has 1 saturated heterocycles. The molecule has 9 heteroatoms. The number of sulfonamides is 1. The van der Waals surface area contributed by atoms with Crippen molar-refractivity contribution in [1.29, 1.82) is 0 Å². The van der Waals surface area contributed by atoms with Crippen LogP contribution in [0.1, 0.15) is 35.4 Å². The van der Waals surface area contributed by atoms with Crippen molar-refractivity contribution in [3.63, 3.8) is 0 Å². The van der Waals surface area contributed by atoms with Crippen LogP contribution in [0.5, 0.6) is 0 Å². The van der Waals surface area contributed by atoms with Crippen molar-refractivity contribution in [2.75, 3.05) is 13.1 Å². The lowest BCUT2D eigenvalue weighted by Gasteiger charge is -2.32. The zero-order valence-electron chi connectivity index (χ0n) is 22.4. The van der Waals surface area contributed by atoms with Gasteiger partial charge in [-0.2, -0.15) is 14.5 Å². The molecule has 0 spiro atoms. The number of benzene rings is 3. The van der Waals surface area contributed by atoms with E-state index in [0.29, 0.717) is 19.0 Å². The first kappa shape index (κ1) is 25.2. The van der Waals surface area contributed by atoms with Crippen LogP contribution in [0.15, 0.2) is 90.2 Å². The molecule has 3 atom stereocenters. The Kier molecular flexibility index (Phi) is 5.73. The SMILES string of the molecule is Cc1cc2c(cnn2-c2ccc(F)cc2)cc1C12CC(c3ccccc3)CC1CN(S(=O)(=O)c1cnn(C)c1)C2. The van der Waals surface area contributed by atoms with Crippen LogP contribution in [0, 0.1) is 18.7 Å². The Balaban J connectivity index is 1.33. The van der Waals surface area contributed by atoms with E-state index in [-0.39, 0.29) is 22.0 Å². The lowest BCUT2D eigenvalue weighted by atomic mass is 9.72. The van der Waals surface area contributed by atoms with Crippen molar-refractivity contribution < 1.29 is 12.8 Å². The van der Waals surface area contributed by atoms with Gasteiger partial charge in [0.1, 0.15) is 10.7 Å². The van der Waals surface area contributed by atoms with Gasteiger partial charge in [-0.3, -0.25) is 4.68 Å². The van der Waals surface area contributed by atoms with Crippen LogP contribution in [-0.4, -0.2) is 45.4 Å². The maximum atomic E-state index is 13.7. The molecule has 2 aliphatic rings. The third kappa shape index (κ3) is 3.90. The molecule has 1 aliphatic heterocycles. The zero-order chi connectivity index (χ0) is 27.6. The lowest BCUT2D eigenvalue weighted by Crippen LogP contribution is -2.35. The molecule has 0 bridgehead atoms. The molecule has 5 aromatic rings. The molecule has 7 nitrogen and oxygen atoms in total. The zero-order valence-corrected chi connectivity index (χ0v) is 23.2. The van der Waals surface area contributed by atoms with E-state index >= 15 is 0 Å². The van der Waals surface area contributed by atoms with Crippen molar-refractivity contribution in [3.05, 3.63) is 108 Å². The van der Waals surface area contributed by atoms with Crippen molar-refractivity contribution in [3.8, 4) is 5.69 Å². The fourth-order valence-electron chi connectivity index (χ4n) is 7.09. The van der Waals surface area contributed by atoms with Crippen molar-refractivity contribution in [1.82, 2.24) is 23.9 Å². The number of fused-ring (bicyclic) bond motifs is 2. The monoisotopic (exact) mass is 555 g/mol. The summed E-state index contributed by atoms with van der Waals surface area (Å²) in [4.78, 5) is 0.234. The average molecular weight is 556 g/mol. The molecular weight excluding hydrogens is 525 g/mol. The molecule has 2 fully saturated rings. The number of aromatic nitrogens is 4. The smallest absolute Gasteiger partial charge is 0.246 e. The van der Waals surface area contributed by atoms with E-state index in [1.165, 1.54) is 34.1 Å². The molecule has 204 valence electrons. The van der Waals surface area contributed by atoms with Gasteiger partial charge >= 0.3 is 0 Å². The number of hydrogen-bond donors (Lipinski definition) is 0. The summed E-state index contributed by atoms with van der Waals surface area (Å²) in [5.74, 6) is 0.240. The van der Waals surface area contributed by atoms with Crippen molar-refractivity contribution in [2.45, 2.75) is 36.0 Å². The van der Waals surface area contributed by atoms with E-state index < -0.39 is 10.0 Å². The van der Waals surface area contributed by atoms with Crippen molar-refractivity contribution >= 4 is 20.9 Å². The Hall–Kier alpha value is -3.82. The summed E-state index contributed by atoms with van der Waals surface area (Å²) < 4.78 is 46.0. The molecule has 40 heavy (non-hydrogen) atoms. The summed E-state index contributed by atoms with van der Waals surface area (Å²) in [5.41, 5.74) is 5.00. The number of halogens is 1. The van der Waals surface area contributed by atoms with E-state index in [0.717, 1.165) is 35.0 Å². The van der Waals surface area contributed by atoms with Crippen molar-refractivity contribution in [2.24, 2.45) is 13.0 Å². The third-order valence-electron chi connectivity index (χ3n) is 8.96. The highest BCUT2D eigenvalue weighted by molar-refractivity contribution is 7.89.